The van der Waals surface area contributed by atoms with Crippen LogP contribution >= 0.6 is 15.9 Å². The molecule has 17 heavy (non-hydrogen) atoms. The first-order valence-electron chi connectivity index (χ1n) is 5.17. The van der Waals surface area contributed by atoms with Gasteiger partial charge in [0.15, 0.2) is 0 Å². The molecule has 0 amide bonds. The van der Waals surface area contributed by atoms with Gasteiger partial charge in [0.1, 0.15) is 12.3 Å². The Balaban J connectivity index is 2.07. The largest absolute Gasteiger partial charge is 0.471 e. The van der Waals surface area contributed by atoms with E-state index in [0.29, 0.717) is 24.7 Å². The number of ether oxygens (including phenoxy) is 1. The maximum atomic E-state index is 5.59. The van der Waals surface area contributed by atoms with E-state index in [-0.39, 0.29) is 0 Å². The van der Waals surface area contributed by atoms with Crippen LogP contribution in [0.4, 0.5) is 0 Å². The van der Waals surface area contributed by atoms with E-state index in [1.54, 1.807) is 12.4 Å². The summed E-state index contributed by atoms with van der Waals surface area (Å²) in [6.07, 6.45) is 3.20. The lowest BCUT2D eigenvalue weighted by Crippen LogP contribution is -2.06. The number of nitrogens with two attached hydrogens (primary N) is 1. The zero-order chi connectivity index (χ0) is 12.1. The molecule has 2 aromatic rings. The topological polar surface area (TPSA) is 61.0 Å². The number of benzene rings is 1. The highest BCUT2D eigenvalue weighted by atomic mass is 79.9. The molecular formula is C12H12BrN3O. The van der Waals surface area contributed by atoms with Crippen molar-refractivity contribution in [1.29, 1.82) is 0 Å². The minimum atomic E-state index is 0.321. The van der Waals surface area contributed by atoms with Gasteiger partial charge in [0.05, 0.1) is 0 Å². The molecule has 1 aromatic heterocycles. The van der Waals surface area contributed by atoms with E-state index >= 15 is 0 Å². The third-order valence-electron chi connectivity index (χ3n) is 2.19. The molecular weight excluding hydrogens is 282 g/mol. The summed E-state index contributed by atoms with van der Waals surface area (Å²) in [4.78, 5) is 8.22. The van der Waals surface area contributed by atoms with Gasteiger partial charge in [-0.15, -0.1) is 0 Å². The minimum absolute atomic E-state index is 0.321. The molecule has 0 aliphatic rings. The Morgan fingerprint density at radius 1 is 1.24 bits per heavy atom. The predicted octanol–water partition coefficient (Wildman–Crippen LogP) is 2.28. The molecule has 0 bridgehead atoms. The first-order valence-corrected chi connectivity index (χ1v) is 5.96. The van der Waals surface area contributed by atoms with E-state index < -0.39 is 0 Å². The van der Waals surface area contributed by atoms with Crippen LogP contribution in [0.3, 0.4) is 0 Å². The average Bonchev–Trinajstić information content (AvgIpc) is 2.37. The number of nitrogens with zero attached hydrogens (tertiary/aromatic N) is 2. The van der Waals surface area contributed by atoms with Crippen molar-refractivity contribution in [3.8, 4) is 5.88 Å². The maximum absolute atomic E-state index is 5.59. The molecule has 0 unspecified atom stereocenters. The first-order chi connectivity index (χ1) is 8.29. The van der Waals surface area contributed by atoms with Gasteiger partial charge in [0.25, 0.3) is 0 Å². The normalized spacial score (nSPS) is 10.2. The maximum Gasteiger partial charge on any atom is 0.237 e. The van der Waals surface area contributed by atoms with Gasteiger partial charge in [-0.1, -0.05) is 28.1 Å². The van der Waals surface area contributed by atoms with Crippen molar-refractivity contribution in [2.24, 2.45) is 5.73 Å². The molecule has 88 valence electrons. The Bertz CT molecular complexity index is 505. The van der Waals surface area contributed by atoms with Crippen molar-refractivity contribution in [2.75, 3.05) is 0 Å². The molecule has 0 atom stereocenters. The monoisotopic (exact) mass is 293 g/mol. The third kappa shape index (κ3) is 3.25. The second-order valence-electron chi connectivity index (χ2n) is 3.43. The fraction of sp³-hybridized carbons (Fsp3) is 0.167. The first kappa shape index (κ1) is 12.0. The summed E-state index contributed by atoms with van der Waals surface area (Å²) in [7, 11) is 0. The van der Waals surface area contributed by atoms with Crippen molar-refractivity contribution in [1.82, 2.24) is 9.97 Å². The fourth-order valence-electron chi connectivity index (χ4n) is 1.39. The molecule has 0 spiro atoms. The lowest BCUT2D eigenvalue weighted by atomic mass is 10.2. The summed E-state index contributed by atoms with van der Waals surface area (Å²) in [5, 5.41) is 0. The molecule has 2 N–H and O–H groups in total. The van der Waals surface area contributed by atoms with Crippen molar-refractivity contribution < 1.29 is 4.74 Å². The van der Waals surface area contributed by atoms with Crippen molar-refractivity contribution in [3.63, 3.8) is 0 Å². The smallest absolute Gasteiger partial charge is 0.237 e. The SMILES string of the molecule is NCc1nccnc1OCc1cccc(Br)c1. The minimum Gasteiger partial charge on any atom is -0.471 e. The second-order valence-corrected chi connectivity index (χ2v) is 4.35. The van der Waals surface area contributed by atoms with Gasteiger partial charge in [-0.3, -0.25) is 4.98 Å². The van der Waals surface area contributed by atoms with E-state index in [1.807, 2.05) is 24.3 Å². The van der Waals surface area contributed by atoms with E-state index in [4.69, 9.17) is 10.5 Å². The quantitative estimate of drug-likeness (QED) is 0.939. The summed E-state index contributed by atoms with van der Waals surface area (Å²) in [6, 6.07) is 7.92. The van der Waals surface area contributed by atoms with E-state index in [1.165, 1.54) is 0 Å². The molecule has 4 nitrogen and oxygen atoms in total. The van der Waals surface area contributed by atoms with Crippen molar-refractivity contribution in [3.05, 3.63) is 52.4 Å². The van der Waals surface area contributed by atoms with Crippen LogP contribution in [-0.4, -0.2) is 9.97 Å². The highest BCUT2D eigenvalue weighted by Crippen LogP contribution is 2.15. The molecule has 0 aliphatic heterocycles. The highest BCUT2D eigenvalue weighted by molar-refractivity contribution is 9.10. The molecule has 0 radical (unpaired) electrons. The lowest BCUT2D eigenvalue weighted by Gasteiger charge is -2.08. The zero-order valence-electron chi connectivity index (χ0n) is 9.14. The van der Waals surface area contributed by atoms with Gasteiger partial charge in [0.2, 0.25) is 5.88 Å². The number of hydrogen-bond donors (Lipinski definition) is 1. The molecule has 0 fully saturated rings. The van der Waals surface area contributed by atoms with Crippen molar-refractivity contribution >= 4 is 15.9 Å². The molecule has 2 rings (SSSR count). The van der Waals surface area contributed by atoms with Gasteiger partial charge in [-0.05, 0) is 17.7 Å². The van der Waals surface area contributed by atoms with E-state index in [9.17, 15) is 0 Å². The zero-order valence-corrected chi connectivity index (χ0v) is 10.7. The molecule has 0 aliphatic carbocycles. The number of aromatic nitrogens is 2. The average molecular weight is 294 g/mol. The third-order valence-corrected chi connectivity index (χ3v) is 2.69. The van der Waals surface area contributed by atoms with Crippen LogP contribution in [0.15, 0.2) is 41.1 Å². The fourth-order valence-corrected chi connectivity index (χ4v) is 1.84. The Kier molecular flexibility index (Phi) is 4.06. The molecule has 0 saturated carbocycles. The highest BCUT2D eigenvalue weighted by Gasteiger charge is 2.04. The molecule has 5 heteroatoms. The van der Waals surface area contributed by atoms with Gasteiger partial charge in [0, 0.05) is 23.4 Å². The Morgan fingerprint density at radius 2 is 2.06 bits per heavy atom. The van der Waals surface area contributed by atoms with Gasteiger partial charge in [-0.25, -0.2) is 4.98 Å². The number of hydrogen-bond acceptors (Lipinski definition) is 4. The summed E-state index contributed by atoms with van der Waals surface area (Å²) in [5.41, 5.74) is 7.29. The van der Waals surface area contributed by atoms with Crippen LogP contribution in [-0.2, 0) is 13.2 Å². The summed E-state index contributed by atoms with van der Waals surface area (Å²) >= 11 is 3.41. The molecule has 1 aromatic carbocycles. The second kappa shape index (κ2) is 5.75. The van der Waals surface area contributed by atoms with Crippen molar-refractivity contribution in [2.45, 2.75) is 13.2 Å². The van der Waals surface area contributed by atoms with E-state index in [0.717, 1.165) is 10.0 Å². The number of rotatable bonds is 4. The van der Waals surface area contributed by atoms with Crippen LogP contribution < -0.4 is 10.5 Å². The number of halogens is 1. The van der Waals surface area contributed by atoms with E-state index in [2.05, 4.69) is 25.9 Å². The Morgan fingerprint density at radius 3 is 2.82 bits per heavy atom. The molecule has 0 saturated heterocycles. The van der Waals surface area contributed by atoms with Crippen LogP contribution in [0, 0.1) is 0 Å². The van der Waals surface area contributed by atoms with Gasteiger partial charge >= 0.3 is 0 Å². The summed E-state index contributed by atoms with van der Waals surface area (Å²) < 4.78 is 6.62. The van der Waals surface area contributed by atoms with Crippen LogP contribution in [0.2, 0.25) is 0 Å². The van der Waals surface area contributed by atoms with Gasteiger partial charge in [-0.2, -0.15) is 0 Å². The van der Waals surface area contributed by atoms with Crippen LogP contribution in [0.5, 0.6) is 5.88 Å². The lowest BCUT2D eigenvalue weighted by molar-refractivity contribution is 0.288. The van der Waals surface area contributed by atoms with Gasteiger partial charge < -0.3 is 10.5 Å². The standard InChI is InChI=1S/C12H12BrN3O/c13-10-3-1-2-9(6-10)8-17-12-11(7-14)15-4-5-16-12/h1-6H,7-8,14H2. The Labute approximate surface area is 108 Å². The molecule has 1 heterocycles. The predicted molar refractivity (Wildman–Crippen MR) is 68.4 cm³/mol. The Hall–Kier alpha value is -1.46. The van der Waals surface area contributed by atoms with Crippen LogP contribution in [0.25, 0.3) is 0 Å². The summed E-state index contributed by atoms with van der Waals surface area (Å²) in [5.74, 6) is 0.495. The van der Waals surface area contributed by atoms with Crippen LogP contribution in [0.1, 0.15) is 11.3 Å². The summed E-state index contributed by atoms with van der Waals surface area (Å²) in [6.45, 7) is 0.771.